The van der Waals surface area contributed by atoms with Crippen LogP contribution in [0.5, 0.6) is 0 Å². The molecule has 76 valence electrons. The fraction of sp³-hybridized carbons (Fsp3) is 0.300. The second-order valence-corrected chi connectivity index (χ2v) is 4.00. The first-order chi connectivity index (χ1) is 6.63. The molecular formula is C10H12BrNO2. The molecular weight excluding hydrogens is 246 g/mol. The molecule has 4 heteroatoms. The molecule has 14 heavy (non-hydrogen) atoms. The summed E-state index contributed by atoms with van der Waals surface area (Å²) in [5, 5.41) is 8.67. The van der Waals surface area contributed by atoms with Crippen molar-refractivity contribution in [3.63, 3.8) is 0 Å². The molecule has 0 radical (unpaired) electrons. The Morgan fingerprint density at radius 3 is 2.43 bits per heavy atom. The van der Waals surface area contributed by atoms with E-state index in [4.69, 9.17) is 10.8 Å². The largest absolute Gasteiger partial charge is 0.481 e. The van der Waals surface area contributed by atoms with Crippen LogP contribution in [-0.2, 0) is 4.79 Å². The Labute approximate surface area is 91.1 Å². The topological polar surface area (TPSA) is 63.3 Å². The Hall–Kier alpha value is -0.870. The molecule has 0 aliphatic carbocycles. The number of carbonyl (C=O) groups is 1. The van der Waals surface area contributed by atoms with Gasteiger partial charge in [0.25, 0.3) is 0 Å². The number of halogens is 1. The minimum absolute atomic E-state index is 0.0815. The first-order valence-corrected chi connectivity index (χ1v) is 5.10. The van der Waals surface area contributed by atoms with Crippen LogP contribution >= 0.6 is 15.9 Å². The first-order valence-electron chi connectivity index (χ1n) is 4.31. The van der Waals surface area contributed by atoms with Gasteiger partial charge in [-0.1, -0.05) is 28.1 Å². The number of hydrogen-bond acceptors (Lipinski definition) is 2. The Balaban J connectivity index is 2.78. The Kier molecular flexibility index (Phi) is 4.10. The lowest BCUT2D eigenvalue weighted by Gasteiger charge is -2.12. The fourth-order valence-electron chi connectivity index (χ4n) is 1.28. The summed E-state index contributed by atoms with van der Waals surface area (Å²) in [5.74, 6) is -0.913. The maximum absolute atomic E-state index is 10.5. The molecule has 1 aromatic rings. The minimum Gasteiger partial charge on any atom is -0.481 e. The molecule has 3 nitrogen and oxygen atoms in total. The monoisotopic (exact) mass is 257 g/mol. The number of benzene rings is 1. The quantitative estimate of drug-likeness (QED) is 0.867. The van der Waals surface area contributed by atoms with E-state index in [1.807, 2.05) is 24.3 Å². The molecule has 0 saturated heterocycles. The molecule has 0 aliphatic heterocycles. The van der Waals surface area contributed by atoms with E-state index in [-0.39, 0.29) is 12.3 Å². The van der Waals surface area contributed by atoms with Crippen molar-refractivity contribution in [1.29, 1.82) is 0 Å². The van der Waals surface area contributed by atoms with E-state index in [0.717, 1.165) is 10.0 Å². The van der Waals surface area contributed by atoms with Crippen molar-refractivity contribution in [1.82, 2.24) is 0 Å². The highest BCUT2D eigenvalue weighted by atomic mass is 79.9. The molecule has 0 aromatic heterocycles. The number of carboxylic acids is 1. The van der Waals surface area contributed by atoms with Gasteiger partial charge < -0.3 is 10.8 Å². The third-order valence-electron chi connectivity index (χ3n) is 2.05. The highest BCUT2D eigenvalue weighted by molar-refractivity contribution is 9.10. The maximum atomic E-state index is 10.5. The van der Waals surface area contributed by atoms with E-state index < -0.39 is 5.97 Å². The summed E-state index contributed by atoms with van der Waals surface area (Å²) >= 11 is 3.32. The molecule has 0 bridgehead atoms. The number of nitrogens with two attached hydrogens (primary N) is 1. The summed E-state index contributed by atoms with van der Waals surface area (Å²) in [4.78, 5) is 10.5. The molecule has 0 heterocycles. The van der Waals surface area contributed by atoms with E-state index in [1.165, 1.54) is 0 Å². The predicted octanol–water partition coefficient (Wildman–Crippen LogP) is 1.97. The smallest absolute Gasteiger partial charge is 0.304 e. The van der Waals surface area contributed by atoms with Crippen LogP contribution in [-0.4, -0.2) is 17.6 Å². The van der Waals surface area contributed by atoms with Gasteiger partial charge in [0.05, 0.1) is 6.42 Å². The number of hydrogen-bond donors (Lipinski definition) is 2. The lowest BCUT2D eigenvalue weighted by atomic mass is 9.96. The van der Waals surface area contributed by atoms with Gasteiger partial charge in [0.1, 0.15) is 0 Å². The first kappa shape index (κ1) is 11.2. The Morgan fingerprint density at radius 1 is 1.43 bits per heavy atom. The van der Waals surface area contributed by atoms with E-state index in [1.54, 1.807) is 0 Å². The molecule has 0 aliphatic rings. The summed E-state index contributed by atoms with van der Waals surface area (Å²) in [6.45, 7) is 0.355. The average molecular weight is 258 g/mol. The van der Waals surface area contributed by atoms with Crippen molar-refractivity contribution < 1.29 is 9.90 Å². The van der Waals surface area contributed by atoms with E-state index in [0.29, 0.717) is 6.54 Å². The predicted molar refractivity (Wildman–Crippen MR) is 58.2 cm³/mol. The SMILES string of the molecule is NC[C@@H](CC(=O)O)c1ccc(Br)cc1. The number of carboxylic acid groups (broad SMARTS) is 1. The van der Waals surface area contributed by atoms with E-state index in [2.05, 4.69) is 15.9 Å². The van der Waals surface area contributed by atoms with Crippen LogP contribution in [0.4, 0.5) is 0 Å². The van der Waals surface area contributed by atoms with Crippen molar-refractivity contribution >= 4 is 21.9 Å². The molecule has 3 N–H and O–H groups in total. The van der Waals surface area contributed by atoms with Gasteiger partial charge in [0.2, 0.25) is 0 Å². The standard InChI is InChI=1S/C10H12BrNO2/c11-9-3-1-7(2-4-9)8(6-12)5-10(13)14/h1-4,8H,5-6,12H2,(H,13,14)/t8-/m1/s1. The second-order valence-electron chi connectivity index (χ2n) is 3.08. The number of rotatable bonds is 4. The van der Waals surface area contributed by atoms with Crippen LogP contribution < -0.4 is 5.73 Å². The summed E-state index contributed by atoms with van der Waals surface area (Å²) in [5.41, 5.74) is 6.49. The minimum atomic E-state index is -0.816. The Morgan fingerprint density at radius 2 is 2.00 bits per heavy atom. The summed E-state index contributed by atoms with van der Waals surface area (Å²) < 4.78 is 0.979. The summed E-state index contributed by atoms with van der Waals surface area (Å²) in [6, 6.07) is 7.56. The van der Waals surface area contributed by atoms with Gasteiger partial charge in [0, 0.05) is 10.4 Å². The molecule has 0 fully saturated rings. The van der Waals surface area contributed by atoms with Gasteiger partial charge in [-0.2, -0.15) is 0 Å². The highest BCUT2D eigenvalue weighted by Gasteiger charge is 2.13. The average Bonchev–Trinajstić information content (AvgIpc) is 2.15. The van der Waals surface area contributed by atoms with Crippen molar-refractivity contribution in [2.24, 2.45) is 5.73 Å². The molecule has 1 rings (SSSR count). The van der Waals surface area contributed by atoms with Gasteiger partial charge in [-0.05, 0) is 24.2 Å². The highest BCUT2D eigenvalue weighted by Crippen LogP contribution is 2.20. The van der Waals surface area contributed by atoms with Crippen LogP contribution in [0.25, 0.3) is 0 Å². The van der Waals surface area contributed by atoms with Crippen molar-refractivity contribution in [2.45, 2.75) is 12.3 Å². The van der Waals surface area contributed by atoms with Gasteiger partial charge in [0.15, 0.2) is 0 Å². The molecule has 0 unspecified atom stereocenters. The lowest BCUT2D eigenvalue weighted by molar-refractivity contribution is -0.137. The van der Waals surface area contributed by atoms with Crippen LogP contribution in [0, 0.1) is 0 Å². The van der Waals surface area contributed by atoms with Crippen LogP contribution in [0.15, 0.2) is 28.7 Å². The summed E-state index contributed by atoms with van der Waals surface area (Å²) in [6.07, 6.45) is 0.0815. The zero-order chi connectivity index (χ0) is 10.6. The van der Waals surface area contributed by atoms with Crippen molar-refractivity contribution in [3.8, 4) is 0 Å². The van der Waals surface area contributed by atoms with Gasteiger partial charge in [-0.15, -0.1) is 0 Å². The third kappa shape index (κ3) is 3.12. The van der Waals surface area contributed by atoms with Crippen molar-refractivity contribution in [2.75, 3.05) is 6.54 Å². The third-order valence-corrected chi connectivity index (χ3v) is 2.58. The lowest BCUT2D eigenvalue weighted by Crippen LogP contribution is -2.16. The number of aliphatic carboxylic acids is 1. The molecule has 1 aromatic carbocycles. The normalized spacial score (nSPS) is 12.4. The molecule has 1 atom stereocenters. The zero-order valence-corrected chi connectivity index (χ0v) is 9.20. The van der Waals surface area contributed by atoms with E-state index >= 15 is 0 Å². The van der Waals surface area contributed by atoms with Crippen LogP contribution in [0.1, 0.15) is 17.9 Å². The van der Waals surface area contributed by atoms with E-state index in [9.17, 15) is 4.79 Å². The fourth-order valence-corrected chi connectivity index (χ4v) is 1.55. The molecule has 0 spiro atoms. The van der Waals surface area contributed by atoms with Gasteiger partial charge in [-0.25, -0.2) is 0 Å². The molecule has 0 amide bonds. The maximum Gasteiger partial charge on any atom is 0.304 e. The molecule has 0 saturated carbocycles. The zero-order valence-electron chi connectivity index (χ0n) is 7.61. The van der Waals surface area contributed by atoms with Gasteiger partial charge >= 0.3 is 5.97 Å². The Bertz CT molecular complexity index is 310. The second kappa shape index (κ2) is 5.12. The van der Waals surface area contributed by atoms with Crippen LogP contribution in [0.2, 0.25) is 0 Å². The van der Waals surface area contributed by atoms with Crippen LogP contribution in [0.3, 0.4) is 0 Å². The summed E-state index contributed by atoms with van der Waals surface area (Å²) in [7, 11) is 0. The van der Waals surface area contributed by atoms with Gasteiger partial charge in [-0.3, -0.25) is 4.79 Å². The van der Waals surface area contributed by atoms with Crippen molar-refractivity contribution in [3.05, 3.63) is 34.3 Å².